The van der Waals surface area contributed by atoms with E-state index in [-0.39, 0.29) is 11.8 Å². The van der Waals surface area contributed by atoms with Gasteiger partial charge >= 0.3 is 0 Å². The zero-order valence-electron chi connectivity index (χ0n) is 21.5. The van der Waals surface area contributed by atoms with E-state index in [9.17, 15) is 4.79 Å². The number of likely N-dealkylation sites (tertiary alicyclic amines) is 1. The smallest absolute Gasteiger partial charge is 0.223 e. The van der Waals surface area contributed by atoms with Crippen molar-refractivity contribution in [2.45, 2.75) is 45.7 Å². The second kappa shape index (κ2) is 10.9. The van der Waals surface area contributed by atoms with Crippen LogP contribution in [0.15, 0.2) is 60.7 Å². The van der Waals surface area contributed by atoms with Gasteiger partial charge in [0.2, 0.25) is 5.91 Å². The van der Waals surface area contributed by atoms with Crippen molar-refractivity contribution >= 4 is 28.5 Å². The fraction of sp³-hybridized carbons (Fsp3) is 0.333. The molecule has 0 radical (unpaired) electrons. The lowest BCUT2D eigenvalue weighted by atomic mass is 10.1. The minimum Gasteiger partial charge on any atom is -0.497 e. The monoisotopic (exact) mass is 517 g/mol. The van der Waals surface area contributed by atoms with E-state index in [2.05, 4.69) is 10.6 Å². The molecule has 1 saturated heterocycles. The lowest BCUT2D eigenvalue weighted by Crippen LogP contribution is -2.24. The summed E-state index contributed by atoms with van der Waals surface area (Å²) < 4.78 is 13.6. The van der Waals surface area contributed by atoms with Gasteiger partial charge in [-0.25, -0.2) is 4.98 Å². The van der Waals surface area contributed by atoms with Crippen molar-refractivity contribution < 1.29 is 14.3 Å². The number of hydrogen-bond acceptors (Lipinski definition) is 4. The fourth-order valence-electron chi connectivity index (χ4n) is 5.09. The highest BCUT2D eigenvalue weighted by molar-refractivity contribution is 6.32. The Balaban J connectivity index is 1.29. The molecule has 1 aliphatic heterocycles. The predicted octanol–water partition coefficient (Wildman–Crippen LogP) is 6.30. The average molecular weight is 518 g/mol. The summed E-state index contributed by atoms with van der Waals surface area (Å²) in [5.41, 5.74) is 5.18. The molecule has 2 heterocycles. The van der Waals surface area contributed by atoms with Crippen LogP contribution in [0.2, 0.25) is 5.02 Å². The van der Waals surface area contributed by atoms with Crippen molar-refractivity contribution in [2.75, 3.05) is 20.3 Å². The Morgan fingerprint density at radius 1 is 1.03 bits per heavy atom. The number of aryl methyl sites for hydroxylation is 3. The zero-order valence-corrected chi connectivity index (χ0v) is 22.3. The fourth-order valence-corrected chi connectivity index (χ4v) is 5.20. The molecule has 7 heteroatoms. The van der Waals surface area contributed by atoms with E-state index in [0.29, 0.717) is 26.1 Å². The van der Waals surface area contributed by atoms with Gasteiger partial charge < -0.3 is 18.9 Å². The minimum absolute atomic E-state index is 0.0561. The summed E-state index contributed by atoms with van der Waals surface area (Å²) >= 11 is 6.29. The highest BCUT2D eigenvalue weighted by Gasteiger charge is 2.34. The number of para-hydroxylation sites is 2. The van der Waals surface area contributed by atoms with Gasteiger partial charge in [0.15, 0.2) is 0 Å². The van der Waals surface area contributed by atoms with Gasteiger partial charge in [-0.1, -0.05) is 35.9 Å². The van der Waals surface area contributed by atoms with Crippen LogP contribution in [0.1, 0.15) is 41.3 Å². The normalized spacial score (nSPS) is 15.5. The first kappa shape index (κ1) is 25.2. The molecular weight excluding hydrogens is 486 g/mol. The van der Waals surface area contributed by atoms with Crippen LogP contribution < -0.4 is 9.47 Å². The molecule has 1 fully saturated rings. The molecule has 1 aromatic heterocycles. The number of imidazole rings is 1. The number of carbonyl (C=O) groups is 1. The summed E-state index contributed by atoms with van der Waals surface area (Å²) in [4.78, 5) is 19.9. The highest BCUT2D eigenvalue weighted by atomic mass is 35.5. The number of fused-ring (bicyclic) bond motifs is 1. The van der Waals surface area contributed by atoms with Gasteiger partial charge in [-0.3, -0.25) is 4.79 Å². The molecule has 0 bridgehead atoms. The average Bonchev–Trinajstić information content (AvgIpc) is 3.45. The van der Waals surface area contributed by atoms with Crippen LogP contribution in [0.4, 0.5) is 0 Å². The lowest BCUT2D eigenvalue weighted by molar-refractivity contribution is -0.128. The summed E-state index contributed by atoms with van der Waals surface area (Å²) in [6.07, 6.45) is 1.30. The van der Waals surface area contributed by atoms with Crippen molar-refractivity contribution in [1.29, 1.82) is 0 Å². The Morgan fingerprint density at radius 2 is 1.76 bits per heavy atom. The van der Waals surface area contributed by atoms with Gasteiger partial charge in [0.1, 0.15) is 17.3 Å². The van der Waals surface area contributed by atoms with E-state index in [4.69, 9.17) is 26.1 Å². The molecule has 6 nitrogen and oxygen atoms in total. The Bertz CT molecular complexity index is 1390. The topological polar surface area (TPSA) is 56.6 Å². The molecule has 0 aliphatic carbocycles. The molecule has 0 saturated carbocycles. The van der Waals surface area contributed by atoms with Crippen LogP contribution in [0, 0.1) is 13.8 Å². The molecule has 1 unspecified atom stereocenters. The van der Waals surface area contributed by atoms with E-state index < -0.39 is 0 Å². The van der Waals surface area contributed by atoms with Crippen molar-refractivity contribution in [3.63, 3.8) is 0 Å². The summed E-state index contributed by atoms with van der Waals surface area (Å²) in [5, 5.41) is 0.786. The third kappa shape index (κ3) is 5.44. The van der Waals surface area contributed by atoms with Crippen LogP contribution >= 0.6 is 11.6 Å². The van der Waals surface area contributed by atoms with Crippen LogP contribution in [-0.4, -0.2) is 40.6 Å². The second-order valence-corrected chi connectivity index (χ2v) is 10.1. The first-order valence-electron chi connectivity index (χ1n) is 12.7. The van der Waals surface area contributed by atoms with E-state index >= 15 is 0 Å². The molecule has 1 amide bonds. The third-order valence-electron chi connectivity index (χ3n) is 7.00. The Labute approximate surface area is 222 Å². The number of methoxy groups -OCH3 is 1. The molecule has 0 spiro atoms. The number of ether oxygens (including phenoxy) is 2. The Kier molecular flexibility index (Phi) is 7.38. The quantitative estimate of drug-likeness (QED) is 0.244. The predicted molar refractivity (Wildman–Crippen MR) is 147 cm³/mol. The van der Waals surface area contributed by atoms with Crippen LogP contribution in [0.3, 0.4) is 0 Å². The van der Waals surface area contributed by atoms with Crippen LogP contribution in [0.25, 0.3) is 11.0 Å². The van der Waals surface area contributed by atoms with E-state index in [1.807, 2.05) is 73.3 Å². The number of rotatable bonds is 9. The first-order valence-corrected chi connectivity index (χ1v) is 13.1. The molecular formula is C30H32ClN3O3. The number of hydrogen-bond donors (Lipinski definition) is 0. The maximum atomic E-state index is 12.9. The Hall–Kier alpha value is -3.51. The Morgan fingerprint density at radius 3 is 2.49 bits per heavy atom. The van der Waals surface area contributed by atoms with Crippen molar-refractivity contribution in [3.8, 4) is 11.5 Å². The number of nitrogens with zero attached hydrogens (tertiary/aromatic N) is 3. The first-order chi connectivity index (χ1) is 17.9. The van der Waals surface area contributed by atoms with Crippen LogP contribution in [-0.2, 0) is 17.9 Å². The standard InChI is InChI=1S/C30H32ClN3O3/c1-20-15-25(16-21(2)29(20)31)37-14-6-13-34-27-8-5-4-7-26(27)32-30(34)23-17-28(35)33(19-23)18-22-9-11-24(36-3)12-10-22/h4-5,7-12,15-16,23H,6,13-14,17-19H2,1-3H3. The molecule has 37 heavy (non-hydrogen) atoms. The number of benzene rings is 3. The van der Waals surface area contributed by atoms with Crippen molar-refractivity contribution in [3.05, 3.63) is 88.2 Å². The molecule has 4 aromatic rings. The lowest BCUT2D eigenvalue weighted by Gasteiger charge is -2.18. The molecule has 5 rings (SSSR count). The number of aromatic nitrogens is 2. The highest BCUT2D eigenvalue weighted by Crippen LogP contribution is 2.32. The van der Waals surface area contributed by atoms with Gasteiger partial charge in [-0.15, -0.1) is 0 Å². The summed E-state index contributed by atoms with van der Waals surface area (Å²) in [7, 11) is 1.65. The largest absolute Gasteiger partial charge is 0.497 e. The van der Waals surface area contributed by atoms with E-state index in [1.165, 1.54) is 0 Å². The zero-order chi connectivity index (χ0) is 25.9. The van der Waals surface area contributed by atoms with Crippen molar-refractivity contribution in [1.82, 2.24) is 14.5 Å². The maximum Gasteiger partial charge on any atom is 0.223 e. The molecule has 1 atom stereocenters. The van der Waals surface area contributed by atoms with Gasteiger partial charge in [-0.05, 0) is 73.4 Å². The SMILES string of the molecule is COc1ccc(CN2CC(c3nc4ccccc4n3CCCOc3cc(C)c(Cl)c(C)c3)CC2=O)cc1. The van der Waals surface area contributed by atoms with Gasteiger partial charge in [-0.2, -0.15) is 0 Å². The second-order valence-electron chi connectivity index (χ2n) is 9.71. The summed E-state index contributed by atoms with van der Waals surface area (Å²) in [5.74, 6) is 2.85. The molecule has 1 aliphatic rings. The molecule has 0 N–H and O–H groups in total. The van der Waals surface area contributed by atoms with Gasteiger partial charge in [0.25, 0.3) is 0 Å². The van der Waals surface area contributed by atoms with Crippen LogP contribution in [0.5, 0.6) is 11.5 Å². The number of carbonyl (C=O) groups excluding carboxylic acids is 1. The number of halogens is 1. The van der Waals surface area contributed by atoms with E-state index in [1.54, 1.807) is 7.11 Å². The van der Waals surface area contributed by atoms with Gasteiger partial charge in [0, 0.05) is 37.0 Å². The number of amides is 1. The van der Waals surface area contributed by atoms with E-state index in [0.717, 1.165) is 63.0 Å². The molecule has 3 aromatic carbocycles. The maximum absolute atomic E-state index is 12.9. The minimum atomic E-state index is 0.0561. The summed E-state index contributed by atoms with van der Waals surface area (Å²) in [6, 6.07) is 20.0. The third-order valence-corrected chi connectivity index (χ3v) is 7.60. The molecule has 192 valence electrons. The summed E-state index contributed by atoms with van der Waals surface area (Å²) in [6.45, 7) is 6.59. The van der Waals surface area contributed by atoms with Gasteiger partial charge in [0.05, 0.1) is 24.8 Å². The van der Waals surface area contributed by atoms with Crippen molar-refractivity contribution in [2.24, 2.45) is 0 Å².